The van der Waals surface area contributed by atoms with Crippen molar-refractivity contribution in [3.05, 3.63) is 231 Å². The van der Waals surface area contributed by atoms with E-state index >= 15 is 0 Å². The molecule has 0 saturated heterocycles. The normalized spacial score (nSPS) is 11.6. The summed E-state index contributed by atoms with van der Waals surface area (Å²) in [5, 5.41) is 7.30. The summed E-state index contributed by atoms with van der Waals surface area (Å²) in [5.41, 5.74) is 15.5. The molecule has 12 aromatic rings. The quantitative estimate of drug-likeness (QED) is 0.161. The molecule has 0 atom stereocenters. The molecule has 0 amide bonds. The van der Waals surface area contributed by atoms with Crippen LogP contribution < -0.4 is 4.90 Å². The van der Waals surface area contributed by atoms with Crippen LogP contribution in [0.1, 0.15) is 0 Å². The Hall–Kier alpha value is -8.14. The molecule has 0 aliphatic carbocycles. The van der Waals surface area contributed by atoms with Gasteiger partial charge < -0.3 is 13.9 Å². The van der Waals surface area contributed by atoms with Crippen LogP contribution in [0.4, 0.5) is 17.1 Å². The van der Waals surface area contributed by atoms with E-state index in [4.69, 9.17) is 4.42 Å². The summed E-state index contributed by atoms with van der Waals surface area (Å²) in [6.45, 7) is 0. The van der Waals surface area contributed by atoms with Gasteiger partial charge in [-0.3, -0.25) is 0 Å². The highest BCUT2D eigenvalue weighted by Gasteiger charge is 2.17. The topological polar surface area (TPSA) is 21.3 Å². The van der Waals surface area contributed by atoms with E-state index in [9.17, 15) is 0 Å². The number of furan rings is 1. The number of hydrogen-bond donors (Lipinski definition) is 0. The van der Waals surface area contributed by atoms with Gasteiger partial charge in [-0.25, -0.2) is 0 Å². The van der Waals surface area contributed by atoms with Gasteiger partial charge in [0.25, 0.3) is 0 Å². The Bertz CT molecular complexity index is 3540. The lowest BCUT2D eigenvalue weighted by molar-refractivity contribution is 0.670. The molecule has 0 bridgehead atoms. The largest absolute Gasteiger partial charge is 0.455 e. The molecule has 12 rings (SSSR count). The van der Waals surface area contributed by atoms with Crippen molar-refractivity contribution in [1.82, 2.24) is 4.57 Å². The Balaban J connectivity index is 0.899. The first-order valence-electron chi connectivity index (χ1n) is 20.8. The third kappa shape index (κ3) is 5.98. The predicted octanol–water partition coefficient (Wildman–Crippen LogP) is 16.3. The number of hydrogen-bond acceptors (Lipinski definition) is 2. The minimum Gasteiger partial charge on any atom is -0.455 e. The average molecular weight is 779 g/mol. The third-order valence-electron chi connectivity index (χ3n) is 12.2. The predicted molar refractivity (Wildman–Crippen MR) is 257 cm³/mol. The minimum absolute atomic E-state index is 0.906. The van der Waals surface area contributed by atoms with Gasteiger partial charge in [-0.15, -0.1) is 0 Å². The van der Waals surface area contributed by atoms with Crippen molar-refractivity contribution in [1.29, 1.82) is 0 Å². The van der Waals surface area contributed by atoms with Gasteiger partial charge in [0, 0.05) is 49.9 Å². The molecule has 2 heterocycles. The van der Waals surface area contributed by atoms with Crippen molar-refractivity contribution in [3.63, 3.8) is 0 Å². The van der Waals surface area contributed by atoms with Crippen LogP contribution in [-0.4, -0.2) is 4.57 Å². The van der Waals surface area contributed by atoms with Crippen molar-refractivity contribution in [3.8, 4) is 39.1 Å². The smallest absolute Gasteiger partial charge is 0.143 e. The van der Waals surface area contributed by atoms with Crippen LogP contribution in [0.25, 0.3) is 93.6 Å². The summed E-state index contributed by atoms with van der Waals surface area (Å²) < 4.78 is 8.81. The highest BCUT2D eigenvalue weighted by molar-refractivity contribution is 6.14. The lowest BCUT2D eigenvalue weighted by atomic mass is 10.0. The number of fused-ring (bicyclic) bond motifs is 7. The van der Waals surface area contributed by atoms with Gasteiger partial charge in [0.1, 0.15) is 11.2 Å². The Morgan fingerprint density at radius 1 is 0.328 bits per heavy atom. The van der Waals surface area contributed by atoms with Crippen molar-refractivity contribution in [2.75, 3.05) is 4.90 Å². The summed E-state index contributed by atoms with van der Waals surface area (Å²) in [7, 11) is 0. The van der Waals surface area contributed by atoms with Crippen molar-refractivity contribution < 1.29 is 4.42 Å². The minimum atomic E-state index is 0.906. The zero-order valence-electron chi connectivity index (χ0n) is 33.2. The highest BCUT2D eigenvalue weighted by atomic mass is 16.3. The molecular formula is C58H38N2O. The maximum absolute atomic E-state index is 6.41. The van der Waals surface area contributed by atoms with Gasteiger partial charge in [0.15, 0.2) is 0 Å². The molecule has 3 heteroatoms. The van der Waals surface area contributed by atoms with E-state index in [1.165, 1.54) is 49.3 Å². The van der Waals surface area contributed by atoms with Gasteiger partial charge >= 0.3 is 0 Å². The van der Waals surface area contributed by atoms with Crippen LogP contribution in [0.5, 0.6) is 0 Å². The lowest BCUT2D eigenvalue weighted by Crippen LogP contribution is -2.09. The van der Waals surface area contributed by atoms with E-state index in [-0.39, 0.29) is 0 Å². The zero-order chi connectivity index (χ0) is 40.3. The number of rotatable bonds is 7. The Kier molecular flexibility index (Phi) is 8.17. The molecule has 61 heavy (non-hydrogen) atoms. The number of aromatic nitrogens is 1. The van der Waals surface area contributed by atoms with Crippen LogP contribution in [0.2, 0.25) is 0 Å². The van der Waals surface area contributed by atoms with Gasteiger partial charge in [0.05, 0.1) is 11.0 Å². The molecule has 0 N–H and O–H groups in total. The van der Waals surface area contributed by atoms with E-state index < -0.39 is 0 Å². The molecule has 0 aliphatic rings. The number of benzene rings is 10. The second-order valence-corrected chi connectivity index (χ2v) is 15.7. The lowest BCUT2D eigenvalue weighted by Gasteiger charge is -2.26. The molecule has 3 nitrogen and oxygen atoms in total. The second kappa shape index (κ2) is 14.3. The van der Waals surface area contributed by atoms with E-state index in [0.717, 1.165) is 61.4 Å². The Morgan fingerprint density at radius 3 is 1.51 bits per heavy atom. The first-order chi connectivity index (χ1) is 30.2. The number of nitrogens with zero attached hydrogens (tertiary/aromatic N) is 2. The molecule has 0 fully saturated rings. The molecular weight excluding hydrogens is 741 g/mol. The Labute approximate surface area is 353 Å². The molecule has 0 spiro atoms. The van der Waals surface area contributed by atoms with Gasteiger partial charge in [-0.2, -0.15) is 0 Å². The fourth-order valence-electron chi connectivity index (χ4n) is 9.18. The molecule has 0 saturated carbocycles. The molecule has 0 unspecified atom stereocenters. The monoisotopic (exact) mass is 778 g/mol. The van der Waals surface area contributed by atoms with Crippen molar-refractivity contribution >= 4 is 71.6 Å². The van der Waals surface area contributed by atoms with Crippen LogP contribution in [0.3, 0.4) is 0 Å². The average Bonchev–Trinajstić information content (AvgIpc) is 3.87. The van der Waals surface area contributed by atoms with Crippen molar-refractivity contribution in [2.45, 2.75) is 0 Å². The molecule has 10 aromatic carbocycles. The summed E-state index contributed by atoms with van der Waals surface area (Å²) in [6, 6.07) is 82.8. The van der Waals surface area contributed by atoms with E-state index in [0.29, 0.717) is 0 Å². The number of anilines is 3. The summed E-state index contributed by atoms with van der Waals surface area (Å²) in [4.78, 5) is 2.33. The van der Waals surface area contributed by atoms with Gasteiger partial charge in [-0.1, -0.05) is 158 Å². The second-order valence-electron chi connectivity index (χ2n) is 15.7. The van der Waals surface area contributed by atoms with Crippen LogP contribution in [0, 0.1) is 0 Å². The third-order valence-corrected chi connectivity index (χ3v) is 12.2. The fraction of sp³-hybridized carbons (Fsp3) is 0. The first kappa shape index (κ1) is 34.9. The van der Waals surface area contributed by atoms with E-state index in [2.05, 4.69) is 228 Å². The van der Waals surface area contributed by atoms with Crippen LogP contribution >= 0.6 is 0 Å². The summed E-state index contributed by atoms with van der Waals surface area (Å²) >= 11 is 0. The first-order valence-corrected chi connectivity index (χ1v) is 20.8. The van der Waals surface area contributed by atoms with Crippen molar-refractivity contribution in [2.24, 2.45) is 0 Å². The Morgan fingerprint density at radius 2 is 0.836 bits per heavy atom. The fourth-order valence-corrected chi connectivity index (χ4v) is 9.18. The number of para-hydroxylation sites is 3. The van der Waals surface area contributed by atoms with Gasteiger partial charge in [-0.05, 0) is 111 Å². The van der Waals surface area contributed by atoms with Crippen LogP contribution in [-0.2, 0) is 0 Å². The maximum atomic E-state index is 6.41. The van der Waals surface area contributed by atoms with Crippen LogP contribution in [0.15, 0.2) is 235 Å². The molecule has 0 aliphatic heterocycles. The maximum Gasteiger partial charge on any atom is 0.143 e. The van der Waals surface area contributed by atoms with E-state index in [1.807, 2.05) is 12.1 Å². The standard InChI is InChI=1S/C58H38N2O/c1-2-11-39(12-3-1)40-21-29-46(30-22-40)59(48-35-27-43(28-36-48)50-17-10-18-53-52-16-7-9-20-57(52)61-58(50)53)47-31-23-41(24-32-47)42-25-33-49(34-26-42)60-55-19-8-6-15-51(55)54-37-44-13-4-5-14-45(44)38-56(54)60/h1-38H. The summed E-state index contributed by atoms with van der Waals surface area (Å²) in [6.07, 6.45) is 0. The zero-order valence-corrected chi connectivity index (χ0v) is 33.2. The molecule has 2 aromatic heterocycles. The SMILES string of the molecule is c1ccc(-c2ccc(N(c3ccc(-c4ccc(-n5c6ccccc6c6cc7ccccc7cc65)cc4)cc3)c3ccc(-c4cccc5c4oc4ccccc45)cc3)cc2)cc1. The molecule has 0 radical (unpaired) electrons. The molecule has 286 valence electrons. The van der Waals surface area contributed by atoms with Gasteiger partial charge in [0.2, 0.25) is 0 Å². The van der Waals surface area contributed by atoms with E-state index in [1.54, 1.807) is 0 Å². The summed E-state index contributed by atoms with van der Waals surface area (Å²) in [5.74, 6) is 0. The highest BCUT2D eigenvalue weighted by Crippen LogP contribution is 2.41.